The second-order valence-corrected chi connectivity index (χ2v) is 6.65. The van der Waals surface area contributed by atoms with Crippen molar-refractivity contribution in [1.29, 1.82) is 0 Å². The van der Waals surface area contributed by atoms with Crippen LogP contribution in [0.5, 0.6) is 0 Å². The maximum Gasteiger partial charge on any atom is 0.326 e. The Morgan fingerprint density at radius 1 is 0.821 bits per heavy atom. The van der Waals surface area contributed by atoms with Crippen LogP contribution in [0, 0.1) is 0 Å². The summed E-state index contributed by atoms with van der Waals surface area (Å²) in [5.74, 6) is -1.85. The fraction of sp³-hybridized carbons (Fsp3) is 0.318. The van der Waals surface area contributed by atoms with Gasteiger partial charge in [-0.15, -0.1) is 0 Å². The van der Waals surface area contributed by atoms with Crippen molar-refractivity contribution in [3.63, 3.8) is 0 Å². The monoisotopic (exact) mass is 382 g/mol. The van der Waals surface area contributed by atoms with Crippen LogP contribution in [-0.2, 0) is 27.2 Å². The molecule has 6 heteroatoms. The van der Waals surface area contributed by atoms with Gasteiger partial charge in [0.25, 0.3) is 0 Å². The summed E-state index contributed by atoms with van der Waals surface area (Å²) in [4.78, 5) is 36.5. The molecular weight excluding hydrogens is 356 g/mol. The van der Waals surface area contributed by atoms with Gasteiger partial charge in [-0.1, -0.05) is 67.6 Å². The number of carboxylic acids is 1. The van der Waals surface area contributed by atoms with Crippen molar-refractivity contribution < 1.29 is 19.5 Å². The molecule has 2 aromatic carbocycles. The highest BCUT2D eigenvalue weighted by Crippen LogP contribution is 2.07. The van der Waals surface area contributed by atoms with Gasteiger partial charge in [0.15, 0.2) is 0 Å². The standard InChI is InChI=1S/C22H26N2O4/c1-2-9-20(25)23-18(14-16-10-5-3-6-11-16)21(26)24-19(22(27)28)15-17-12-7-4-8-13-17/h3-8,10-13,18-19H,2,9,14-15H2,1H3,(H,23,25)(H,24,26)(H,27,28). The molecule has 2 amide bonds. The summed E-state index contributed by atoms with van der Waals surface area (Å²) < 4.78 is 0. The topological polar surface area (TPSA) is 95.5 Å². The molecule has 6 nitrogen and oxygen atoms in total. The van der Waals surface area contributed by atoms with E-state index in [0.29, 0.717) is 19.3 Å². The van der Waals surface area contributed by atoms with Gasteiger partial charge in [-0.05, 0) is 17.5 Å². The first kappa shape index (κ1) is 21.2. The lowest BCUT2D eigenvalue weighted by Crippen LogP contribution is -2.53. The molecule has 0 saturated heterocycles. The molecule has 148 valence electrons. The molecule has 2 aromatic rings. The number of hydrogen-bond donors (Lipinski definition) is 3. The van der Waals surface area contributed by atoms with E-state index in [9.17, 15) is 19.5 Å². The molecule has 28 heavy (non-hydrogen) atoms. The van der Waals surface area contributed by atoms with Crippen LogP contribution in [0.4, 0.5) is 0 Å². The van der Waals surface area contributed by atoms with Crippen LogP contribution in [0.15, 0.2) is 60.7 Å². The van der Waals surface area contributed by atoms with Crippen molar-refractivity contribution in [2.75, 3.05) is 0 Å². The number of carbonyl (C=O) groups excluding carboxylic acids is 2. The minimum atomic E-state index is -1.12. The molecule has 0 aliphatic rings. The molecule has 3 N–H and O–H groups in total. The zero-order chi connectivity index (χ0) is 20.4. The van der Waals surface area contributed by atoms with E-state index in [1.165, 1.54) is 0 Å². The predicted molar refractivity (Wildman–Crippen MR) is 107 cm³/mol. The minimum Gasteiger partial charge on any atom is -0.480 e. The Hall–Kier alpha value is -3.15. The summed E-state index contributed by atoms with van der Waals surface area (Å²) in [7, 11) is 0. The first-order valence-corrected chi connectivity index (χ1v) is 9.40. The third kappa shape index (κ3) is 6.87. The fourth-order valence-electron chi connectivity index (χ4n) is 2.87. The number of carbonyl (C=O) groups is 3. The predicted octanol–water partition coefficient (Wildman–Crippen LogP) is 2.33. The van der Waals surface area contributed by atoms with Crippen molar-refractivity contribution in [2.45, 2.75) is 44.7 Å². The molecule has 0 fully saturated rings. The molecule has 2 unspecified atom stereocenters. The van der Waals surface area contributed by atoms with Gasteiger partial charge in [0.1, 0.15) is 12.1 Å². The molecular formula is C22H26N2O4. The summed E-state index contributed by atoms with van der Waals surface area (Å²) in [5.41, 5.74) is 1.69. The van der Waals surface area contributed by atoms with Gasteiger partial charge in [-0.2, -0.15) is 0 Å². The summed E-state index contributed by atoms with van der Waals surface area (Å²) in [5, 5.41) is 14.8. The second-order valence-electron chi connectivity index (χ2n) is 6.65. The van der Waals surface area contributed by atoms with E-state index >= 15 is 0 Å². The van der Waals surface area contributed by atoms with Gasteiger partial charge in [-0.3, -0.25) is 9.59 Å². The second kappa shape index (κ2) is 10.9. The number of benzene rings is 2. The van der Waals surface area contributed by atoms with Gasteiger partial charge in [0.05, 0.1) is 0 Å². The summed E-state index contributed by atoms with van der Waals surface area (Å²) in [6, 6.07) is 16.5. The number of hydrogen-bond acceptors (Lipinski definition) is 3. The Morgan fingerprint density at radius 3 is 1.79 bits per heavy atom. The largest absolute Gasteiger partial charge is 0.480 e. The van der Waals surface area contributed by atoms with E-state index in [2.05, 4.69) is 10.6 Å². The van der Waals surface area contributed by atoms with Crippen LogP contribution in [0.2, 0.25) is 0 Å². The first-order valence-electron chi connectivity index (χ1n) is 9.40. The molecule has 0 aromatic heterocycles. The molecule has 2 rings (SSSR count). The lowest BCUT2D eigenvalue weighted by atomic mass is 10.0. The third-order valence-electron chi connectivity index (χ3n) is 4.31. The molecule has 0 bridgehead atoms. The van der Waals surface area contributed by atoms with Gasteiger partial charge in [0, 0.05) is 19.3 Å². The molecule has 0 saturated carbocycles. The van der Waals surface area contributed by atoms with Crippen molar-refractivity contribution in [3.8, 4) is 0 Å². The SMILES string of the molecule is CCCC(=O)NC(Cc1ccccc1)C(=O)NC(Cc1ccccc1)C(=O)O. The average molecular weight is 382 g/mol. The quantitative estimate of drug-likeness (QED) is 0.588. The highest BCUT2D eigenvalue weighted by atomic mass is 16.4. The van der Waals surface area contributed by atoms with E-state index in [4.69, 9.17) is 0 Å². The number of rotatable bonds is 10. The van der Waals surface area contributed by atoms with Gasteiger partial charge in [-0.25, -0.2) is 4.79 Å². The Bertz CT molecular complexity index is 778. The zero-order valence-corrected chi connectivity index (χ0v) is 15.9. The van der Waals surface area contributed by atoms with E-state index in [1.807, 2.05) is 67.6 Å². The number of nitrogens with one attached hydrogen (secondary N) is 2. The van der Waals surface area contributed by atoms with Crippen LogP contribution in [0.3, 0.4) is 0 Å². The molecule has 0 spiro atoms. The summed E-state index contributed by atoms with van der Waals surface area (Å²) in [6.45, 7) is 1.88. The number of amides is 2. The van der Waals surface area contributed by atoms with E-state index in [-0.39, 0.29) is 12.3 Å². The Labute approximate surface area is 165 Å². The minimum absolute atomic E-state index is 0.170. The first-order chi connectivity index (χ1) is 13.5. The Balaban J connectivity index is 2.11. The lowest BCUT2D eigenvalue weighted by molar-refractivity contribution is -0.142. The van der Waals surface area contributed by atoms with E-state index in [0.717, 1.165) is 11.1 Å². The third-order valence-corrected chi connectivity index (χ3v) is 4.31. The zero-order valence-electron chi connectivity index (χ0n) is 15.9. The summed E-state index contributed by atoms with van der Waals surface area (Å²) >= 11 is 0. The normalized spacial score (nSPS) is 12.6. The number of aliphatic carboxylic acids is 1. The van der Waals surface area contributed by atoms with Crippen LogP contribution in [0.25, 0.3) is 0 Å². The summed E-state index contributed by atoms with van der Waals surface area (Å²) in [6.07, 6.45) is 1.44. The molecule has 0 radical (unpaired) electrons. The van der Waals surface area contributed by atoms with Crippen molar-refractivity contribution >= 4 is 17.8 Å². The maximum atomic E-state index is 12.8. The van der Waals surface area contributed by atoms with Crippen LogP contribution >= 0.6 is 0 Å². The van der Waals surface area contributed by atoms with Crippen LogP contribution in [0.1, 0.15) is 30.9 Å². The Kier molecular flexibility index (Phi) is 8.21. The lowest BCUT2D eigenvalue weighted by Gasteiger charge is -2.22. The maximum absolute atomic E-state index is 12.8. The molecule has 2 atom stereocenters. The van der Waals surface area contributed by atoms with Crippen molar-refractivity contribution in [3.05, 3.63) is 71.8 Å². The average Bonchev–Trinajstić information content (AvgIpc) is 2.68. The van der Waals surface area contributed by atoms with Crippen molar-refractivity contribution in [2.24, 2.45) is 0 Å². The van der Waals surface area contributed by atoms with Crippen LogP contribution in [-0.4, -0.2) is 35.0 Å². The van der Waals surface area contributed by atoms with Gasteiger partial charge in [0.2, 0.25) is 11.8 Å². The van der Waals surface area contributed by atoms with E-state index in [1.54, 1.807) is 0 Å². The van der Waals surface area contributed by atoms with Gasteiger partial charge < -0.3 is 15.7 Å². The number of carboxylic acid groups (broad SMARTS) is 1. The molecule has 0 aliphatic carbocycles. The van der Waals surface area contributed by atoms with E-state index < -0.39 is 24.0 Å². The van der Waals surface area contributed by atoms with Crippen LogP contribution < -0.4 is 10.6 Å². The highest BCUT2D eigenvalue weighted by molar-refractivity contribution is 5.90. The molecule has 0 heterocycles. The highest BCUT2D eigenvalue weighted by Gasteiger charge is 2.26. The molecule has 0 aliphatic heterocycles. The fourth-order valence-corrected chi connectivity index (χ4v) is 2.87. The Morgan fingerprint density at radius 2 is 1.32 bits per heavy atom. The van der Waals surface area contributed by atoms with Gasteiger partial charge >= 0.3 is 5.97 Å². The smallest absolute Gasteiger partial charge is 0.326 e. The van der Waals surface area contributed by atoms with Crippen molar-refractivity contribution in [1.82, 2.24) is 10.6 Å².